The molecule has 0 aliphatic rings. The van der Waals surface area contributed by atoms with Crippen LogP contribution in [-0.4, -0.2) is 29.3 Å². The average Bonchev–Trinajstić information content (AvgIpc) is 2.71. The third kappa shape index (κ3) is 6.22. The number of amides is 2. The van der Waals surface area contributed by atoms with Crippen molar-refractivity contribution in [2.75, 3.05) is 6.54 Å². The van der Waals surface area contributed by atoms with E-state index in [1.807, 2.05) is 37.3 Å². The molecule has 0 saturated carbocycles. The molecule has 0 unspecified atom stereocenters. The molecule has 2 rings (SSSR count). The van der Waals surface area contributed by atoms with E-state index >= 15 is 0 Å². The standard InChI is InChI=1S/C24H32N2O2/c1-5-25-24(28)19(4)26(17-21-9-7-6-8-10-21)23(27)16-13-20-11-14-22(15-12-20)18(2)3/h6-12,14-15,18-19H,5,13,16-17H2,1-4H3,(H,25,28)/t19-/m1/s1. The summed E-state index contributed by atoms with van der Waals surface area (Å²) in [5.41, 5.74) is 3.46. The van der Waals surface area contributed by atoms with E-state index in [4.69, 9.17) is 0 Å². The molecule has 0 aliphatic carbocycles. The monoisotopic (exact) mass is 380 g/mol. The SMILES string of the molecule is CCNC(=O)[C@@H](C)N(Cc1ccccc1)C(=O)CCc1ccc(C(C)C)cc1. The second-order valence-corrected chi connectivity index (χ2v) is 7.47. The van der Waals surface area contributed by atoms with E-state index in [0.717, 1.165) is 11.1 Å². The van der Waals surface area contributed by atoms with Crippen molar-refractivity contribution in [2.45, 2.75) is 59.0 Å². The van der Waals surface area contributed by atoms with Gasteiger partial charge < -0.3 is 10.2 Å². The summed E-state index contributed by atoms with van der Waals surface area (Å²) >= 11 is 0. The fourth-order valence-corrected chi connectivity index (χ4v) is 3.15. The largest absolute Gasteiger partial charge is 0.355 e. The number of carbonyl (C=O) groups is 2. The minimum absolute atomic E-state index is 0.00413. The van der Waals surface area contributed by atoms with Crippen molar-refractivity contribution < 1.29 is 9.59 Å². The van der Waals surface area contributed by atoms with Crippen LogP contribution in [0.15, 0.2) is 54.6 Å². The van der Waals surface area contributed by atoms with E-state index in [1.54, 1.807) is 11.8 Å². The molecule has 150 valence electrons. The quantitative estimate of drug-likeness (QED) is 0.705. The molecule has 0 radical (unpaired) electrons. The number of carbonyl (C=O) groups excluding carboxylic acids is 2. The van der Waals surface area contributed by atoms with Crippen LogP contribution in [0.25, 0.3) is 0 Å². The van der Waals surface area contributed by atoms with Crippen molar-refractivity contribution in [1.29, 1.82) is 0 Å². The normalized spacial score (nSPS) is 11.9. The van der Waals surface area contributed by atoms with Gasteiger partial charge in [-0.1, -0.05) is 68.4 Å². The minimum atomic E-state index is -0.504. The number of rotatable bonds is 9. The second-order valence-electron chi connectivity index (χ2n) is 7.47. The molecule has 0 aromatic heterocycles. The third-order valence-corrected chi connectivity index (χ3v) is 4.99. The molecule has 0 fully saturated rings. The van der Waals surface area contributed by atoms with Crippen LogP contribution >= 0.6 is 0 Å². The Morgan fingerprint density at radius 2 is 1.57 bits per heavy atom. The van der Waals surface area contributed by atoms with Gasteiger partial charge in [0, 0.05) is 19.5 Å². The number of benzene rings is 2. The Labute approximate surface area is 169 Å². The topological polar surface area (TPSA) is 49.4 Å². The smallest absolute Gasteiger partial charge is 0.242 e. The fraction of sp³-hybridized carbons (Fsp3) is 0.417. The molecular formula is C24H32N2O2. The first kappa shape index (κ1) is 21.7. The summed E-state index contributed by atoms with van der Waals surface area (Å²) in [6.07, 6.45) is 1.06. The summed E-state index contributed by atoms with van der Waals surface area (Å²) in [5, 5.41) is 2.82. The average molecular weight is 381 g/mol. The Morgan fingerprint density at radius 3 is 2.14 bits per heavy atom. The van der Waals surface area contributed by atoms with Gasteiger partial charge in [0.2, 0.25) is 11.8 Å². The van der Waals surface area contributed by atoms with Gasteiger partial charge in [-0.25, -0.2) is 0 Å². The maximum atomic E-state index is 13.0. The van der Waals surface area contributed by atoms with Crippen LogP contribution in [0.4, 0.5) is 0 Å². The summed E-state index contributed by atoms with van der Waals surface area (Å²) in [6.45, 7) is 9.01. The number of hydrogen-bond acceptors (Lipinski definition) is 2. The molecular weight excluding hydrogens is 348 g/mol. The van der Waals surface area contributed by atoms with Crippen LogP contribution in [0.5, 0.6) is 0 Å². The summed E-state index contributed by atoms with van der Waals surface area (Å²) < 4.78 is 0. The lowest BCUT2D eigenvalue weighted by Crippen LogP contribution is -2.47. The fourth-order valence-electron chi connectivity index (χ4n) is 3.15. The molecule has 4 heteroatoms. The van der Waals surface area contributed by atoms with Crippen LogP contribution in [0.2, 0.25) is 0 Å². The lowest BCUT2D eigenvalue weighted by atomic mass is 10.00. The highest BCUT2D eigenvalue weighted by molar-refractivity contribution is 5.87. The number of hydrogen-bond donors (Lipinski definition) is 1. The van der Waals surface area contributed by atoms with Crippen molar-refractivity contribution in [2.24, 2.45) is 0 Å². The summed E-state index contributed by atoms with van der Waals surface area (Å²) in [7, 11) is 0. The van der Waals surface area contributed by atoms with Gasteiger partial charge in [-0.3, -0.25) is 9.59 Å². The molecule has 0 bridgehead atoms. The number of nitrogens with zero attached hydrogens (tertiary/aromatic N) is 1. The minimum Gasteiger partial charge on any atom is -0.355 e. The lowest BCUT2D eigenvalue weighted by Gasteiger charge is -2.28. The van der Waals surface area contributed by atoms with Gasteiger partial charge in [0.1, 0.15) is 6.04 Å². The van der Waals surface area contributed by atoms with Crippen LogP contribution in [0.3, 0.4) is 0 Å². The molecule has 0 saturated heterocycles. The van der Waals surface area contributed by atoms with Gasteiger partial charge in [0.05, 0.1) is 0 Å². The molecule has 0 heterocycles. The van der Waals surface area contributed by atoms with Crippen molar-refractivity contribution in [3.8, 4) is 0 Å². The molecule has 0 aliphatic heterocycles. The van der Waals surface area contributed by atoms with E-state index in [-0.39, 0.29) is 11.8 Å². The summed E-state index contributed by atoms with van der Waals surface area (Å²) in [6, 6.07) is 17.8. The van der Waals surface area contributed by atoms with Gasteiger partial charge in [0.15, 0.2) is 0 Å². The van der Waals surface area contributed by atoms with Gasteiger partial charge in [0.25, 0.3) is 0 Å². The predicted octanol–water partition coefficient (Wildman–Crippen LogP) is 4.30. The first-order chi connectivity index (χ1) is 13.4. The van der Waals surface area contributed by atoms with E-state index < -0.39 is 6.04 Å². The van der Waals surface area contributed by atoms with Crippen molar-refractivity contribution in [3.63, 3.8) is 0 Å². The maximum Gasteiger partial charge on any atom is 0.242 e. The van der Waals surface area contributed by atoms with Gasteiger partial charge in [-0.05, 0) is 42.9 Å². The number of likely N-dealkylation sites (N-methyl/N-ethyl adjacent to an activating group) is 1. The molecule has 2 aromatic carbocycles. The Balaban J connectivity index is 2.07. The van der Waals surface area contributed by atoms with Crippen LogP contribution < -0.4 is 5.32 Å². The zero-order valence-corrected chi connectivity index (χ0v) is 17.4. The Morgan fingerprint density at radius 1 is 0.929 bits per heavy atom. The van der Waals surface area contributed by atoms with E-state index in [1.165, 1.54) is 5.56 Å². The van der Waals surface area contributed by atoms with E-state index in [2.05, 4.69) is 43.4 Å². The number of nitrogens with one attached hydrogen (secondary N) is 1. The first-order valence-corrected chi connectivity index (χ1v) is 10.1. The highest BCUT2D eigenvalue weighted by Gasteiger charge is 2.25. The molecule has 28 heavy (non-hydrogen) atoms. The third-order valence-electron chi connectivity index (χ3n) is 4.99. The van der Waals surface area contributed by atoms with E-state index in [9.17, 15) is 9.59 Å². The zero-order chi connectivity index (χ0) is 20.5. The van der Waals surface area contributed by atoms with Gasteiger partial charge in [-0.15, -0.1) is 0 Å². The maximum absolute atomic E-state index is 13.0. The molecule has 1 atom stereocenters. The highest BCUT2D eigenvalue weighted by Crippen LogP contribution is 2.17. The van der Waals surface area contributed by atoms with Crippen molar-refractivity contribution >= 4 is 11.8 Å². The van der Waals surface area contributed by atoms with Crippen LogP contribution in [0.1, 0.15) is 56.7 Å². The van der Waals surface area contributed by atoms with Gasteiger partial charge >= 0.3 is 0 Å². The molecule has 0 spiro atoms. The molecule has 4 nitrogen and oxygen atoms in total. The molecule has 2 amide bonds. The summed E-state index contributed by atoms with van der Waals surface area (Å²) in [5.74, 6) is 0.374. The van der Waals surface area contributed by atoms with Crippen LogP contribution in [0, 0.1) is 0 Å². The van der Waals surface area contributed by atoms with Crippen molar-refractivity contribution in [3.05, 3.63) is 71.3 Å². The van der Waals surface area contributed by atoms with E-state index in [0.29, 0.717) is 31.8 Å². The van der Waals surface area contributed by atoms with Gasteiger partial charge in [-0.2, -0.15) is 0 Å². The Kier molecular flexibility index (Phi) is 8.24. The van der Waals surface area contributed by atoms with Crippen LogP contribution in [-0.2, 0) is 22.6 Å². The first-order valence-electron chi connectivity index (χ1n) is 10.1. The van der Waals surface area contributed by atoms with Crippen molar-refractivity contribution in [1.82, 2.24) is 10.2 Å². The highest BCUT2D eigenvalue weighted by atomic mass is 16.2. The second kappa shape index (κ2) is 10.6. The molecule has 1 N–H and O–H groups in total. The predicted molar refractivity (Wildman–Crippen MR) is 114 cm³/mol. The molecule has 2 aromatic rings. The Hall–Kier alpha value is -2.62. The Bertz CT molecular complexity index is 754. The number of aryl methyl sites for hydroxylation is 1. The lowest BCUT2D eigenvalue weighted by molar-refractivity contribution is -0.140. The summed E-state index contributed by atoms with van der Waals surface area (Å²) in [4.78, 5) is 27.0. The zero-order valence-electron chi connectivity index (χ0n) is 17.4.